The van der Waals surface area contributed by atoms with Crippen LogP contribution < -0.4 is 10.6 Å². The number of rotatable bonds is 2. The molecule has 0 radical (unpaired) electrons. The Balaban J connectivity index is 2.05. The maximum Gasteiger partial charge on any atom is 0.228 e. The summed E-state index contributed by atoms with van der Waals surface area (Å²) in [6.45, 7) is 1.69. The minimum absolute atomic E-state index is 0.0000335. The summed E-state index contributed by atoms with van der Waals surface area (Å²) in [5.41, 5.74) is 0.989. The molecule has 0 aliphatic carbocycles. The number of hydrogen-bond acceptors (Lipinski definition) is 3. The van der Waals surface area contributed by atoms with Crippen LogP contribution in [-0.4, -0.2) is 19.0 Å². The average Bonchev–Trinajstić information content (AvgIpc) is 2.42. The van der Waals surface area contributed by atoms with Gasteiger partial charge in [0.2, 0.25) is 5.91 Å². The SMILES string of the molecule is N#Cc1cc(NC(=O)[C@@H]2CCCNC2)ccc1Cl. The zero-order chi connectivity index (χ0) is 13.0. The number of benzene rings is 1. The molecule has 94 valence electrons. The molecule has 1 heterocycles. The Morgan fingerprint density at radius 1 is 1.56 bits per heavy atom. The topological polar surface area (TPSA) is 64.9 Å². The molecule has 1 aliphatic heterocycles. The van der Waals surface area contributed by atoms with Crippen molar-refractivity contribution in [2.75, 3.05) is 18.4 Å². The molecule has 1 fully saturated rings. The highest BCUT2D eigenvalue weighted by Crippen LogP contribution is 2.21. The van der Waals surface area contributed by atoms with Crippen LogP contribution in [0.25, 0.3) is 0 Å². The molecular weight excluding hydrogens is 250 g/mol. The molecule has 0 saturated carbocycles. The number of anilines is 1. The van der Waals surface area contributed by atoms with Crippen molar-refractivity contribution in [2.24, 2.45) is 5.92 Å². The highest BCUT2D eigenvalue weighted by Gasteiger charge is 2.20. The summed E-state index contributed by atoms with van der Waals surface area (Å²) in [6.07, 6.45) is 1.92. The number of amides is 1. The first-order valence-electron chi connectivity index (χ1n) is 5.92. The fourth-order valence-corrected chi connectivity index (χ4v) is 2.17. The van der Waals surface area contributed by atoms with Crippen LogP contribution in [0.1, 0.15) is 18.4 Å². The number of hydrogen-bond donors (Lipinski definition) is 2. The first-order chi connectivity index (χ1) is 8.70. The Hall–Kier alpha value is -1.57. The average molecular weight is 264 g/mol. The lowest BCUT2D eigenvalue weighted by molar-refractivity contribution is -0.120. The van der Waals surface area contributed by atoms with Crippen LogP contribution in [-0.2, 0) is 4.79 Å². The fraction of sp³-hybridized carbons (Fsp3) is 0.385. The van der Waals surface area contributed by atoms with E-state index in [1.807, 2.05) is 6.07 Å². The predicted molar refractivity (Wildman–Crippen MR) is 70.4 cm³/mol. The van der Waals surface area contributed by atoms with Crippen LogP contribution >= 0.6 is 11.6 Å². The largest absolute Gasteiger partial charge is 0.326 e. The number of carbonyl (C=O) groups excluding carboxylic acids is 1. The maximum absolute atomic E-state index is 12.0. The first-order valence-corrected chi connectivity index (χ1v) is 6.29. The number of nitrogens with one attached hydrogen (secondary N) is 2. The van der Waals surface area contributed by atoms with E-state index < -0.39 is 0 Å². The van der Waals surface area contributed by atoms with Crippen LogP contribution in [0.4, 0.5) is 5.69 Å². The van der Waals surface area contributed by atoms with Crippen molar-refractivity contribution in [1.82, 2.24) is 5.32 Å². The van der Waals surface area contributed by atoms with Crippen molar-refractivity contribution < 1.29 is 4.79 Å². The minimum atomic E-state index is -0.00610. The van der Waals surface area contributed by atoms with E-state index in [-0.39, 0.29) is 11.8 Å². The van der Waals surface area contributed by atoms with Gasteiger partial charge in [-0.3, -0.25) is 4.79 Å². The van der Waals surface area contributed by atoms with E-state index in [1.165, 1.54) is 0 Å². The summed E-state index contributed by atoms with van der Waals surface area (Å²) in [4.78, 5) is 12.0. The van der Waals surface area contributed by atoms with E-state index in [0.717, 1.165) is 19.4 Å². The normalized spacial score (nSPS) is 19.0. The van der Waals surface area contributed by atoms with Gasteiger partial charge in [0.1, 0.15) is 6.07 Å². The van der Waals surface area contributed by atoms with E-state index in [0.29, 0.717) is 22.8 Å². The van der Waals surface area contributed by atoms with Crippen LogP contribution in [0.3, 0.4) is 0 Å². The van der Waals surface area contributed by atoms with E-state index in [4.69, 9.17) is 16.9 Å². The molecule has 0 spiro atoms. The Bertz CT molecular complexity index is 489. The second kappa shape index (κ2) is 5.85. The quantitative estimate of drug-likeness (QED) is 0.859. The van der Waals surface area contributed by atoms with Gasteiger partial charge in [0.15, 0.2) is 0 Å². The van der Waals surface area contributed by atoms with Gasteiger partial charge >= 0.3 is 0 Å². The van der Waals surface area contributed by atoms with Gasteiger partial charge in [-0.1, -0.05) is 11.6 Å². The van der Waals surface area contributed by atoms with Gasteiger partial charge in [-0.2, -0.15) is 5.26 Å². The maximum atomic E-state index is 12.0. The predicted octanol–water partition coefficient (Wildman–Crippen LogP) is 2.15. The molecule has 1 atom stereocenters. The summed E-state index contributed by atoms with van der Waals surface area (Å²) in [7, 11) is 0. The summed E-state index contributed by atoms with van der Waals surface area (Å²) in [6, 6.07) is 6.91. The molecule has 1 saturated heterocycles. The van der Waals surface area contributed by atoms with Gasteiger partial charge in [-0.15, -0.1) is 0 Å². The molecule has 1 aromatic rings. The number of carbonyl (C=O) groups is 1. The third-order valence-corrected chi connectivity index (χ3v) is 3.35. The van der Waals surface area contributed by atoms with Gasteiger partial charge in [-0.25, -0.2) is 0 Å². The third kappa shape index (κ3) is 3.00. The first kappa shape index (κ1) is 12.9. The number of nitriles is 1. The number of halogens is 1. The molecule has 1 amide bonds. The van der Waals surface area contributed by atoms with Crippen molar-refractivity contribution in [3.63, 3.8) is 0 Å². The van der Waals surface area contributed by atoms with Gasteiger partial charge < -0.3 is 10.6 Å². The van der Waals surface area contributed by atoms with E-state index in [1.54, 1.807) is 18.2 Å². The summed E-state index contributed by atoms with van der Waals surface area (Å²) >= 11 is 5.84. The Morgan fingerprint density at radius 3 is 3.06 bits per heavy atom. The van der Waals surface area contributed by atoms with Crippen LogP contribution in [0.15, 0.2) is 18.2 Å². The molecule has 5 heteroatoms. The van der Waals surface area contributed by atoms with Crippen molar-refractivity contribution in [3.05, 3.63) is 28.8 Å². The number of nitrogens with zero attached hydrogens (tertiary/aromatic N) is 1. The third-order valence-electron chi connectivity index (χ3n) is 3.02. The molecule has 0 bridgehead atoms. The van der Waals surface area contributed by atoms with Crippen molar-refractivity contribution >= 4 is 23.2 Å². The second-order valence-corrected chi connectivity index (χ2v) is 4.75. The summed E-state index contributed by atoms with van der Waals surface area (Å²) < 4.78 is 0. The van der Waals surface area contributed by atoms with Gasteiger partial charge in [0.05, 0.1) is 16.5 Å². The Labute approximate surface area is 111 Å². The van der Waals surface area contributed by atoms with Crippen LogP contribution in [0.5, 0.6) is 0 Å². The van der Waals surface area contributed by atoms with E-state index in [2.05, 4.69) is 10.6 Å². The lowest BCUT2D eigenvalue weighted by atomic mass is 9.99. The Kier molecular flexibility index (Phi) is 4.19. The van der Waals surface area contributed by atoms with Crippen LogP contribution in [0, 0.1) is 17.2 Å². The molecule has 18 heavy (non-hydrogen) atoms. The molecular formula is C13H14ClN3O. The van der Waals surface area contributed by atoms with E-state index >= 15 is 0 Å². The van der Waals surface area contributed by atoms with E-state index in [9.17, 15) is 4.79 Å². The molecule has 2 N–H and O–H groups in total. The van der Waals surface area contributed by atoms with Crippen molar-refractivity contribution in [2.45, 2.75) is 12.8 Å². The van der Waals surface area contributed by atoms with Crippen molar-refractivity contribution in [1.29, 1.82) is 5.26 Å². The van der Waals surface area contributed by atoms with Gasteiger partial charge in [0.25, 0.3) is 0 Å². The molecule has 0 unspecified atom stereocenters. The highest BCUT2D eigenvalue weighted by atomic mass is 35.5. The van der Waals surface area contributed by atoms with Crippen molar-refractivity contribution in [3.8, 4) is 6.07 Å². The lowest BCUT2D eigenvalue weighted by Gasteiger charge is -2.21. The van der Waals surface area contributed by atoms with Gasteiger partial charge in [-0.05, 0) is 37.6 Å². The molecule has 4 nitrogen and oxygen atoms in total. The standard InChI is InChI=1S/C13H14ClN3O/c14-12-4-3-11(6-10(12)7-15)17-13(18)9-2-1-5-16-8-9/h3-4,6,9,16H,1-2,5,8H2,(H,17,18)/t9-/m1/s1. The molecule has 1 aliphatic rings. The zero-order valence-electron chi connectivity index (χ0n) is 9.87. The molecule has 0 aromatic heterocycles. The smallest absolute Gasteiger partial charge is 0.228 e. The molecule has 2 rings (SSSR count). The summed E-state index contributed by atoms with van der Waals surface area (Å²) in [5, 5.41) is 15.3. The number of piperidine rings is 1. The monoisotopic (exact) mass is 263 g/mol. The van der Waals surface area contributed by atoms with Crippen LogP contribution in [0.2, 0.25) is 5.02 Å². The minimum Gasteiger partial charge on any atom is -0.326 e. The highest BCUT2D eigenvalue weighted by molar-refractivity contribution is 6.31. The lowest BCUT2D eigenvalue weighted by Crippen LogP contribution is -2.37. The second-order valence-electron chi connectivity index (χ2n) is 4.34. The summed E-state index contributed by atoms with van der Waals surface area (Å²) in [5.74, 6) is -0.00613. The Morgan fingerprint density at radius 2 is 2.39 bits per heavy atom. The van der Waals surface area contributed by atoms with Gasteiger partial charge in [0, 0.05) is 12.2 Å². The zero-order valence-corrected chi connectivity index (χ0v) is 10.6. The molecule has 1 aromatic carbocycles. The fourth-order valence-electron chi connectivity index (χ4n) is 2.01.